The van der Waals surface area contributed by atoms with E-state index in [4.69, 9.17) is 0 Å². The summed E-state index contributed by atoms with van der Waals surface area (Å²) in [4.78, 5) is 0. The zero-order chi connectivity index (χ0) is 6.55. The first kappa shape index (κ1) is 5.62. The third kappa shape index (κ3) is 0.627. The molecule has 4 saturated carbocycles. The van der Waals surface area contributed by atoms with E-state index in [1.54, 1.807) is 38.5 Å². The largest absolute Gasteiger partial charge is 0.0502 e. The molecule has 4 aliphatic carbocycles. The summed E-state index contributed by atoms with van der Waals surface area (Å²) in [5.41, 5.74) is 0. The van der Waals surface area contributed by atoms with Gasteiger partial charge in [0, 0.05) is 0 Å². The van der Waals surface area contributed by atoms with Crippen molar-refractivity contribution in [2.75, 3.05) is 0 Å². The molecule has 0 spiro atoms. The van der Waals surface area contributed by atoms with Gasteiger partial charge < -0.3 is 0 Å². The fourth-order valence-corrected chi connectivity index (χ4v) is 3.81. The van der Waals surface area contributed by atoms with Crippen LogP contribution in [0.1, 0.15) is 38.5 Å². The quantitative estimate of drug-likeness (QED) is 0.480. The average Bonchev–Trinajstić information content (AvgIpc) is 2.15. The first-order chi connectivity index (χ1) is 4.92. The van der Waals surface area contributed by atoms with Gasteiger partial charge in [0.15, 0.2) is 0 Å². The molecule has 0 heteroatoms. The maximum atomic E-state index is 1.61. The van der Waals surface area contributed by atoms with E-state index in [0.29, 0.717) is 0 Å². The Kier molecular flexibility index (Phi) is 1.00. The van der Waals surface area contributed by atoms with Crippen LogP contribution in [0.4, 0.5) is 0 Å². The molecule has 4 rings (SSSR count). The van der Waals surface area contributed by atoms with Crippen LogP contribution in [-0.2, 0) is 0 Å². The number of hydrogen-bond donors (Lipinski definition) is 0. The summed E-state index contributed by atoms with van der Waals surface area (Å²) in [6.07, 6.45) is 9.61. The van der Waals surface area contributed by atoms with Crippen molar-refractivity contribution in [3.63, 3.8) is 0 Å². The van der Waals surface area contributed by atoms with Crippen molar-refractivity contribution in [1.29, 1.82) is 0 Å². The molecule has 0 aromatic rings. The lowest BCUT2D eigenvalue weighted by Gasteiger charge is -2.04. The van der Waals surface area contributed by atoms with Gasteiger partial charge in [0.1, 0.15) is 0 Å². The Morgan fingerprint density at radius 2 is 1.00 bits per heavy atom. The summed E-state index contributed by atoms with van der Waals surface area (Å²) in [5, 5.41) is 0. The molecule has 4 aliphatic rings. The van der Waals surface area contributed by atoms with Gasteiger partial charge in [0.05, 0.1) is 0 Å². The van der Waals surface area contributed by atoms with Crippen molar-refractivity contribution >= 4 is 0 Å². The van der Waals surface area contributed by atoms with Crippen molar-refractivity contribution in [3.8, 4) is 0 Å². The molecule has 0 amide bonds. The molecule has 0 nitrogen and oxygen atoms in total. The highest BCUT2D eigenvalue weighted by molar-refractivity contribution is 4.94. The summed E-state index contributed by atoms with van der Waals surface area (Å²) in [6.45, 7) is 0. The smallest absolute Gasteiger partial charge is 0.0380 e. The molecule has 0 saturated heterocycles. The predicted octanol–water partition coefficient (Wildman–Crippen LogP) is 2.83. The van der Waals surface area contributed by atoms with Crippen molar-refractivity contribution in [2.45, 2.75) is 38.5 Å². The van der Waals surface area contributed by atoms with Gasteiger partial charge in [-0.2, -0.15) is 0 Å². The molecule has 0 N–H and O–H groups in total. The van der Waals surface area contributed by atoms with Crippen LogP contribution in [0.25, 0.3) is 0 Å². The van der Waals surface area contributed by atoms with E-state index >= 15 is 0 Å². The second-order valence-electron chi connectivity index (χ2n) is 4.77. The second-order valence-corrected chi connectivity index (χ2v) is 4.77. The summed E-state index contributed by atoms with van der Waals surface area (Å²) in [7, 11) is 0. The van der Waals surface area contributed by atoms with Crippen molar-refractivity contribution in [1.82, 2.24) is 0 Å². The number of rotatable bonds is 0. The van der Waals surface area contributed by atoms with E-state index in [1.165, 1.54) is 23.7 Å². The molecule has 0 radical (unpaired) electrons. The Morgan fingerprint density at radius 1 is 0.600 bits per heavy atom. The Balaban J connectivity index is 1.96. The molecule has 0 heterocycles. The van der Waals surface area contributed by atoms with Gasteiger partial charge in [-0.05, 0) is 49.4 Å². The van der Waals surface area contributed by atoms with Gasteiger partial charge in [0.2, 0.25) is 0 Å². The minimum absolute atomic E-state index is 1.17. The molecule has 0 atom stereocenters. The second kappa shape index (κ2) is 1.78. The predicted molar refractivity (Wildman–Crippen MR) is 41.7 cm³/mol. The van der Waals surface area contributed by atoms with E-state index in [2.05, 4.69) is 0 Å². The molecule has 10 heavy (non-hydrogen) atoms. The topological polar surface area (TPSA) is 0 Å². The van der Waals surface area contributed by atoms with Crippen LogP contribution >= 0.6 is 0 Å². The zero-order valence-electron chi connectivity index (χ0n) is 6.55. The van der Waals surface area contributed by atoms with E-state index in [-0.39, 0.29) is 0 Å². The van der Waals surface area contributed by atoms with Crippen LogP contribution in [0.15, 0.2) is 0 Å². The van der Waals surface area contributed by atoms with Crippen molar-refractivity contribution < 1.29 is 0 Å². The van der Waals surface area contributed by atoms with E-state index in [0.717, 1.165) is 0 Å². The van der Waals surface area contributed by atoms with Crippen LogP contribution < -0.4 is 0 Å². The van der Waals surface area contributed by atoms with Gasteiger partial charge in [-0.1, -0.05) is 12.8 Å². The lowest BCUT2D eigenvalue weighted by molar-refractivity contribution is 0.457. The van der Waals surface area contributed by atoms with Crippen LogP contribution in [-0.4, -0.2) is 0 Å². The SMILES string of the molecule is C1CC2CC3CC1CC3C2. The average molecular weight is 136 g/mol. The Labute approximate surface area is 63.0 Å². The normalized spacial score (nSPS) is 57.6. The standard InChI is InChI=1S/C10H16/c1-2-8-5-9-3-7(1)4-10(9)6-8/h7-10H,1-6H2. The molecule has 0 unspecified atom stereocenters. The van der Waals surface area contributed by atoms with Gasteiger partial charge in [-0.3, -0.25) is 0 Å². The number of fused-ring (bicyclic) bond motifs is 1. The highest BCUT2D eigenvalue weighted by Crippen LogP contribution is 2.55. The summed E-state index contributed by atoms with van der Waals surface area (Å²) in [5.74, 6) is 4.72. The monoisotopic (exact) mass is 136 g/mol. The maximum absolute atomic E-state index is 1.61. The van der Waals surface area contributed by atoms with E-state index < -0.39 is 0 Å². The minimum Gasteiger partial charge on any atom is -0.0502 e. The van der Waals surface area contributed by atoms with Gasteiger partial charge in [-0.15, -0.1) is 0 Å². The van der Waals surface area contributed by atoms with Crippen molar-refractivity contribution in [2.24, 2.45) is 23.7 Å². The zero-order valence-corrected chi connectivity index (χ0v) is 6.55. The third-order valence-electron chi connectivity index (χ3n) is 4.19. The van der Waals surface area contributed by atoms with Crippen molar-refractivity contribution in [3.05, 3.63) is 0 Å². The Morgan fingerprint density at radius 3 is 1.40 bits per heavy atom. The maximum Gasteiger partial charge on any atom is -0.0380 e. The number of hydrogen-bond acceptors (Lipinski definition) is 0. The molecule has 0 aliphatic heterocycles. The summed E-state index contributed by atoms with van der Waals surface area (Å²) < 4.78 is 0. The van der Waals surface area contributed by atoms with Gasteiger partial charge in [0.25, 0.3) is 0 Å². The highest BCUT2D eigenvalue weighted by Gasteiger charge is 2.44. The molecule has 0 aromatic carbocycles. The molecular formula is C10H16. The van der Waals surface area contributed by atoms with Crippen LogP contribution in [0.3, 0.4) is 0 Å². The first-order valence-electron chi connectivity index (χ1n) is 4.92. The Hall–Kier alpha value is 0. The summed E-state index contributed by atoms with van der Waals surface area (Å²) in [6, 6.07) is 0. The van der Waals surface area contributed by atoms with Crippen LogP contribution in [0.2, 0.25) is 0 Å². The molecule has 4 fully saturated rings. The summed E-state index contributed by atoms with van der Waals surface area (Å²) >= 11 is 0. The molecule has 0 aromatic heterocycles. The molecular weight excluding hydrogens is 120 g/mol. The highest BCUT2D eigenvalue weighted by atomic mass is 14.5. The molecule has 4 bridgehead atoms. The third-order valence-corrected chi connectivity index (χ3v) is 4.19. The fourth-order valence-electron chi connectivity index (χ4n) is 3.81. The van der Waals surface area contributed by atoms with E-state index in [1.807, 2.05) is 0 Å². The van der Waals surface area contributed by atoms with Crippen LogP contribution in [0, 0.1) is 23.7 Å². The lowest BCUT2D eigenvalue weighted by atomic mass is 10.0. The fraction of sp³-hybridized carbons (Fsp3) is 1.00. The van der Waals surface area contributed by atoms with Gasteiger partial charge >= 0.3 is 0 Å². The molecule has 56 valence electrons. The lowest BCUT2D eigenvalue weighted by Crippen LogP contribution is -1.95. The van der Waals surface area contributed by atoms with Gasteiger partial charge in [-0.25, -0.2) is 0 Å². The Bertz CT molecular complexity index is 120. The first-order valence-corrected chi connectivity index (χ1v) is 4.92. The minimum atomic E-state index is 1.17. The van der Waals surface area contributed by atoms with E-state index in [9.17, 15) is 0 Å². The van der Waals surface area contributed by atoms with Crippen LogP contribution in [0.5, 0.6) is 0 Å².